The van der Waals surface area contributed by atoms with Crippen LogP contribution in [-0.4, -0.2) is 12.6 Å². The first kappa shape index (κ1) is 31.2. The Labute approximate surface area is 202 Å². The molecule has 190 valence electrons. The Morgan fingerprint density at radius 1 is 0.625 bits per heavy atom. The van der Waals surface area contributed by atoms with Gasteiger partial charge in [-0.2, -0.15) is 0 Å². The highest BCUT2D eigenvalue weighted by molar-refractivity contribution is 5.69. The molecule has 0 saturated carbocycles. The van der Waals surface area contributed by atoms with E-state index in [1.54, 1.807) is 0 Å². The van der Waals surface area contributed by atoms with Gasteiger partial charge in [-0.15, -0.1) is 0 Å². The molecule has 0 aliphatic heterocycles. The third-order valence-corrected chi connectivity index (χ3v) is 6.33. The lowest BCUT2D eigenvalue weighted by Crippen LogP contribution is -2.05. The van der Waals surface area contributed by atoms with Crippen molar-refractivity contribution in [2.45, 2.75) is 162 Å². The molecule has 0 aromatic carbocycles. The lowest BCUT2D eigenvalue weighted by molar-refractivity contribution is -0.143. The molecule has 0 saturated heterocycles. The largest absolute Gasteiger partial charge is 0.466 e. The lowest BCUT2D eigenvalue weighted by Gasteiger charge is -2.06. The van der Waals surface area contributed by atoms with E-state index in [-0.39, 0.29) is 5.97 Å². The van der Waals surface area contributed by atoms with Crippen LogP contribution < -0.4 is 0 Å². The Hall–Kier alpha value is -0.790. The topological polar surface area (TPSA) is 26.3 Å². The van der Waals surface area contributed by atoms with Gasteiger partial charge in [0, 0.05) is 6.42 Å². The Morgan fingerprint density at radius 3 is 1.66 bits per heavy atom. The van der Waals surface area contributed by atoms with Crippen molar-refractivity contribution in [1.82, 2.24) is 0 Å². The molecule has 0 rings (SSSR count). The number of allylic oxidation sites excluding steroid dienone is 2. The fourth-order valence-electron chi connectivity index (χ4n) is 4.14. The van der Waals surface area contributed by atoms with E-state index in [0.717, 1.165) is 18.8 Å². The van der Waals surface area contributed by atoms with Gasteiger partial charge in [0.05, 0.1) is 6.61 Å². The molecule has 0 N–H and O–H groups in total. The minimum absolute atomic E-state index is 0.0140. The molecule has 2 nitrogen and oxygen atoms in total. The first-order chi connectivity index (χ1) is 15.7. The SMILES string of the molecule is CCCCCCC=CCCCCCCCCOC(=O)CCCCCCCCCCC(C)C. The van der Waals surface area contributed by atoms with Crippen LogP contribution in [0.3, 0.4) is 0 Å². The summed E-state index contributed by atoms with van der Waals surface area (Å²) in [7, 11) is 0. The van der Waals surface area contributed by atoms with E-state index in [2.05, 4.69) is 32.9 Å². The molecule has 0 fully saturated rings. The molecule has 0 spiro atoms. The van der Waals surface area contributed by atoms with Gasteiger partial charge in [-0.25, -0.2) is 0 Å². The predicted molar refractivity (Wildman–Crippen MR) is 142 cm³/mol. The monoisotopic (exact) mass is 450 g/mol. The van der Waals surface area contributed by atoms with Crippen LogP contribution >= 0.6 is 0 Å². The number of unbranched alkanes of at least 4 members (excludes halogenated alkanes) is 17. The van der Waals surface area contributed by atoms with Gasteiger partial charge in [0.25, 0.3) is 0 Å². The molecule has 0 aromatic heterocycles. The summed E-state index contributed by atoms with van der Waals surface area (Å²) in [5.41, 5.74) is 0. The highest BCUT2D eigenvalue weighted by Crippen LogP contribution is 2.13. The maximum atomic E-state index is 11.8. The molecule has 0 aliphatic carbocycles. The summed E-state index contributed by atoms with van der Waals surface area (Å²) in [6.45, 7) is 7.50. The summed E-state index contributed by atoms with van der Waals surface area (Å²) in [6.07, 6.45) is 32.4. The first-order valence-electron chi connectivity index (χ1n) is 14.5. The zero-order valence-electron chi connectivity index (χ0n) is 22.3. The average Bonchev–Trinajstić information content (AvgIpc) is 2.77. The van der Waals surface area contributed by atoms with Crippen LogP contribution in [0.1, 0.15) is 162 Å². The molecular formula is C30H58O2. The van der Waals surface area contributed by atoms with Crippen LogP contribution in [0, 0.1) is 5.92 Å². The molecule has 32 heavy (non-hydrogen) atoms. The Bertz CT molecular complexity index is 400. The molecule has 0 amide bonds. The van der Waals surface area contributed by atoms with Gasteiger partial charge in [-0.05, 0) is 44.4 Å². The van der Waals surface area contributed by atoms with E-state index in [1.807, 2.05) is 0 Å². The van der Waals surface area contributed by atoms with Crippen molar-refractivity contribution >= 4 is 5.97 Å². The highest BCUT2D eigenvalue weighted by atomic mass is 16.5. The second kappa shape index (κ2) is 26.5. The van der Waals surface area contributed by atoms with Crippen LogP contribution in [-0.2, 0) is 9.53 Å². The average molecular weight is 451 g/mol. The first-order valence-corrected chi connectivity index (χ1v) is 14.5. The number of carbonyl (C=O) groups excluding carboxylic acids is 1. The summed E-state index contributed by atoms with van der Waals surface area (Å²) < 4.78 is 5.39. The minimum atomic E-state index is 0.0140. The normalized spacial score (nSPS) is 11.6. The van der Waals surface area contributed by atoms with Gasteiger partial charge in [-0.3, -0.25) is 4.79 Å². The van der Waals surface area contributed by atoms with Crippen LogP contribution in [0.2, 0.25) is 0 Å². The number of esters is 1. The third-order valence-electron chi connectivity index (χ3n) is 6.33. The van der Waals surface area contributed by atoms with Crippen LogP contribution in [0.4, 0.5) is 0 Å². The maximum absolute atomic E-state index is 11.8. The van der Waals surface area contributed by atoms with Crippen molar-refractivity contribution in [3.05, 3.63) is 12.2 Å². The molecule has 2 heteroatoms. The van der Waals surface area contributed by atoms with E-state index >= 15 is 0 Å². The van der Waals surface area contributed by atoms with Crippen molar-refractivity contribution in [1.29, 1.82) is 0 Å². The van der Waals surface area contributed by atoms with Gasteiger partial charge in [0.15, 0.2) is 0 Å². The second-order valence-corrected chi connectivity index (χ2v) is 10.2. The van der Waals surface area contributed by atoms with Crippen molar-refractivity contribution in [3.8, 4) is 0 Å². The predicted octanol–water partition coefficient (Wildman–Crippen LogP) is 10.3. The van der Waals surface area contributed by atoms with Crippen molar-refractivity contribution in [2.24, 2.45) is 5.92 Å². The molecule has 0 aliphatic rings. The van der Waals surface area contributed by atoms with Crippen LogP contribution in [0.5, 0.6) is 0 Å². The molecule has 0 unspecified atom stereocenters. The van der Waals surface area contributed by atoms with E-state index in [1.165, 1.54) is 122 Å². The second-order valence-electron chi connectivity index (χ2n) is 10.2. The van der Waals surface area contributed by atoms with Gasteiger partial charge in [0.2, 0.25) is 0 Å². The fourth-order valence-corrected chi connectivity index (χ4v) is 4.14. The summed E-state index contributed by atoms with van der Waals surface area (Å²) in [5, 5.41) is 0. The van der Waals surface area contributed by atoms with E-state index in [9.17, 15) is 4.79 Å². The van der Waals surface area contributed by atoms with E-state index in [4.69, 9.17) is 4.74 Å². The number of hydrogen-bond donors (Lipinski definition) is 0. The highest BCUT2D eigenvalue weighted by Gasteiger charge is 2.02. The Balaban J connectivity index is 3.20. The number of rotatable bonds is 25. The molecule has 0 radical (unpaired) electrons. The van der Waals surface area contributed by atoms with Gasteiger partial charge in [-0.1, -0.05) is 129 Å². The van der Waals surface area contributed by atoms with E-state index in [0.29, 0.717) is 13.0 Å². The van der Waals surface area contributed by atoms with Crippen LogP contribution in [0.25, 0.3) is 0 Å². The van der Waals surface area contributed by atoms with Crippen molar-refractivity contribution in [2.75, 3.05) is 6.61 Å². The van der Waals surface area contributed by atoms with Gasteiger partial charge >= 0.3 is 5.97 Å². The van der Waals surface area contributed by atoms with Crippen molar-refractivity contribution in [3.63, 3.8) is 0 Å². The minimum Gasteiger partial charge on any atom is -0.466 e. The maximum Gasteiger partial charge on any atom is 0.305 e. The van der Waals surface area contributed by atoms with E-state index < -0.39 is 0 Å². The summed E-state index contributed by atoms with van der Waals surface area (Å²) >= 11 is 0. The summed E-state index contributed by atoms with van der Waals surface area (Å²) in [5.74, 6) is 0.863. The van der Waals surface area contributed by atoms with Crippen LogP contribution in [0.15, 0.2) is 12.2 Å². The lowest BCUT2D eigenvalue weighted by atomic mass is 10.0. The summed E-state index contributed by atoms with van der Waals surface area (Å²) in [6, 6.07) is 0. The number of hydrogen-bond acceptors (Lipinski definition) is 2. The molecule has 0 aromatic rings. The van der Waals surface area contributed by atoms with Crippen molar-refractivity contribution < 1.29 is 9.53 Å². The smallest absolute Gasteiger partial charge is 0.305 e. The third kappa shape index (κ3) is 27.2. The zero-order chi connectivity index (χ0) is 23.5. The summed E-state index contributed by atoms with van der Waals surface area (Å²) in [4.78, 5) is 11.8. The van der Waals surface area contributed by atoms with Gasteiger partial charge in [0.1, 0.15) is 0 Å². The quantitative estimate of drug-likeness (QED) is 0.0785. The number of ether oxygens (including phenoxy) is 1. The molecule has 0 heterocycles. The molecular weight excluding hydrogens is 392 g/mol. The zero-order valence-corrected chi connectivity index (χ0v) is 22.3. The fraction of sp³-hybridized carbons (Fsp3) is 0.900. The molecule has 0 atom stereocenters. The Morgan fingerprint density at radius 2 is 1.09 bits per heavy atom. The standard InChI is InChI=1S/C30H58O2/c1-4-5-6-7-8-9-10-11-12-13-16-19-22-25-28-32-30(31)27-24-21-18-15-14-17-20-23-26-29(2)3/h9-10,29H,4-8,11-28H2,1-3H3. The Kier molecular flexibility index (Phi) is 25.8. The molecule has 0 bridgehead atoms. The van der Waals surface area contributed by atoms with Gasteiger partial charge < -0.3 is 4.74 Å². The number of carbonyl (C=O) groups is 1.